The van der Waals surface area contributed by atoms with Crippen molar-refractivity contribution in [2.45, 2.75) is 45.1 Å². The predicted molar refractivity (Wildman–Crippen MR) is 79.4 cm³/mol. The summed E-state index contributed by atoms with van der Waals surface area (Å²) in [6, 6.07) is 6.34. The minimum absolute atomic E-state index is 0.360. The largest absolute Gasteiger partial charge is 0.490 e. The van der Waals surface area contributed by atoms with Crippen LogP contribution in [0.3, 0.4) is 0 Å². The summed E-state index contributed by atoms with van der Waals surface area (Å²) < 4.78 is 7.35. The molecule has 1 aliphatic rings. The molecule has 1 fully saturated rings. The van der Waals surface area contributed by atoms with Crippen LogP contribution in [-0.4, -0.2) is 19.2 Å². The first-order valence-corrected chi connectivity index (χ1v) is 7.63. The molecule has 3 heteroatoms. The maximum Gasteiger partial charge on any atom is 0.123 e. The molecule has 1 saturated heterocycles. The first kappa shape index (κ1) is 13.9. The lowest BCUT2D eigenvalue weighted by atomic mass is 10.0. The first-order chi connectivity index (χ1) is 8.66. The van der Waals surface area contributed by atoms with E-state index in [2.05, 4.69) is 53.3 Å². The van der Waals surface area contributed by atoms with E-state index in [1.807, 2.05) is 0 Å². The van der Waals surface area contributed by atoms with Crippen LogP contribution in [0.4, 0.5) is 0 Å². The average molecular weight is 312 g/mol. The van der Waals surface area contributed by atoms with Crippen molar-refractivity contribution in [2.24, 2.45) is 0 Å². The van der Waals surface area contributed by atoms with Crippen LogP contribution in [0, 0.1) is 0 Å². The highest BCUT2D eigenvalue weighted by Crippen LogP contribution is 2.31. The summed E-state index contributed by atoms with van der Waals surface area (Å²) in [5.74, 6) is 1.54. The highest BCUT2D eigenvalue weighted by atomic mass is 79.9. The van der Waals surface area contributed by atoms with Gasteiger partial charge in [-0.3, -0.25) is 0 Å². The number of hydrogen-bond acceptors (Lipinski definition) is 2. The summed E-state index contributed by atoms with van der Waals surface area (Å²) in [5, 5.41) is 3.42. The highest BCUT2D eigenvalue weighted by Gasteiger charge is 2.16. The Morgan fingerprint density at radius 2 is 2.11 bits per heavy atom. The monoisotopic (exact) mass is 311 g/mol. The van der Waals surface area contributed by atoms with Gasteiger partial charge in [0, 0.05) is 4.47 Å². The van der Waals surface area contributed by atoms with E-state index in [4.69, 9.17) is 4.74 Å². The number of rotatable bonds is 3. The molecule has 2 rings (SSSR count). The van der Waals surface area contributed by atoms with Crippen LogP contribution in [-0.2, 0) is 0 Å². The molecule has 1 atom stereocenters. The number of hydrogen-bond donors (Lipinski definition) is 1. The SMILES string of the molecule is CC(C)c1cc(Br)ccc1OC1CCCNCC1. The lowest BCUT2D eigenvalue weighted by Crippen LogP contribution is -2.20. The topological polar surface area (TPSA) is 21.3 Å². The van der Waals surface area contributed by atoms with Gasteiger partial charge in [-0.05, 0) is 62.0 Å². The van der Waals surface area contributed by atoms with E-state index in [9.17, 15) is 0 Å². The first-order valence-electron chi connectivity index (χ1n) is 6.83. The summed E-state index contributed by atoms with van der Waals surface area (Å²) in [6.45, 7) is 6.61. The van der Waals surface area contributed by atoms with Crippen molar-refractivity contribution in [1.82, 2.24) is 5.32 Å². The van der Waals surface area contributed by atoms with Crippen LogP contribution >= 0.6 is 15.9 Å². The van der Waals surface area contributed by atoms with Gasteiger partial charge in [0.25, 0.3) is 0 Å². The quantitative estimate of drug-likeness (QED) is 0.907. The third kappa shape index (κ3) is 3.72. The molecule has 0 amide bonds. The molecule has 1 aliphatic heterocycles. The summed E-state index contributed by atoms with van der Waals surface area (Å²) >= 11 is 3.54. The third-order valence-corrected chi connectivity index (χ3v) is 3.90. The van der Waals surface area contributed by atoms with Crippen LogP contribution in [0.1, 0.15) is 44.6 Å². The summed E-state index contributed by atoms with van der Waals surface area (Å²) in [5.41, 5.74) is 1.29. The Morgan fingerprint density at radius 3 is 2.89 bits per heavy atom. The Balaban J connectivity index is 2.12. The second-order valence-electron chi connectivity index (χ2n) is 5.26. The van der Waals surface area contributed by atoms with E-state index >= 15 is 0 Å². The fourth-order valence-electron chi connectivity index (χ4n) is 2.36. The zero-order valence-corrected chi connectivity index (χ0v) is 12.8. The van der Waals surface area contributed by atoms with Crippen molar-refractivity contribution in [3.05, 3.63) is 28.2 Å². The molecule has 0 spiro atoms. The van der Waals surface area contributed by atoms with Gasteiger partial charge in [0.2, 0.25) is 0 Å². The maximum absolute atomic E-state index is 6.22. The van der Waals surface area contributed by atoms with E-state index in [1.54, 1.807) is 0 Å². The van der Waals surface area contributed by atoms with Crippen LogP contribution in [0.2, 0.25) is 0 Å². The molecule has 1 heterocycles. The lowest BCUT2D eigenvalue weighted by molar-refractivity contribution is 0.185. The minimum atomic E-state index is 0.360. The molecule has 1 aromatic rings. The summed E-state index contributed by atoms with van der Waals surface area (Å²) in [4.78, 5) is 0. The molecule has 0 aromatic heterocycles. The van der Waals surface area contributed by atoms with Crippen molar-refractivity contribution >= 4 is 15.9 Å². The molecule has 1 aromatic carbocycles. The fraction of sp³-hybridized carbons (Fsp3) is 0.600. The Bertz CT molecular complexity index is 384. The zero-order valence-electron chi connectivity index (χ0n) is 11.2. The van der Waals surface area contributed by atoms with Gasteiger partial charge in [-0.15, -0.1) is 0 Å². The number of benzene rings is 1. The van der Waals surface area contributed by atoms with Gasteiger partial charge >= 0.3 is 0 Å². The molecule has 0 radical (unpaired) electrons. The smallest absolute Gasteiger partial charge is 0.123 e. The van der Waals surface area contributed by atoms with Gasteiger partial charge in [-0.25, -0.2) is 0 Å². The Hall–Kier alpha value is -0.540. The van der Waals surface area contributed by atoms with Crippen LogP contribution < -0.4 is 10.1 Å². The van der Waals surface area contributed by atoms with E-state index in [1.165, 1.54) is 12.0 Å². The molecular weight excluding hydrogens is 290 g/mol. The van der Waals surface area contributed by atoms with Crippen molar-refractivity contribution < 1.29 is 4.74 Å². The van der Waals surface area contributed by atoms with Gasteiger partial charge in [-0.1, -0.05) is 29.8 Å². The third-order valence-electron chi connectivity index (χ3n) is 3.41. The normalized spacial score (nSPS) is 20.8. The molecule has 18 heavy (non-hydrogen) atoms. The minimum Gasteiger partial charge on any atom is -0.490 e. The van der Waals surface area contributed by atoms with Crippen molar-refractivity contribution in [2.75, 3.05) is 13.1 Å². The van der Waals surface area contributed by atoms with Gasteiger partial charge in [0.1, 0.15) is 5.75 Å². The molecule has 2 nitrogen and oxygen atoms in total. The van der Waals surface area contributed by atoms with Gasteiger partial charge in [-0.2, -0.15) is 0 Å². The molecule has 100 valence electrons. The van der Waals surface area contributed by atoms with E-state index in [-0.39, 0.29) is 0 Å². The van der Waals surface area contributed by atoms with Gasteiger partial charge in [0.15, 0.2) is 0 Å². The van der Waals surface area contributed by atoms with Crippen LogP contribution in [0.25, 0.3) is 0 Å². The molecule has 0 aliphatic carbocycles. The predicted octanol–water partition coefficient (Wildman–Crippen LogP) is 4.09. The maximum atomic E-state index is 6.22. The van der Waals surface area contributed by atoms with Crippen molar-refractivity contribution in [1.29, 1.82) is 0 Å². The zero-order chi connectivity index (χ0) is 13.0. The van der Waals surface area contributed by atoms with E-state index in [0.29, 0.717) is 12.0 Å². The van der Waals surface area contributed by atoms with Gasteiger partial charge in [0.05, 0.1) is 6.10 Å². The Kier molecular flexibility index (Phi) is 5.07. The Labute approximate surface area is 118 Å². The number of ether oxygens (including phenoxy) is 1. The number of nitrogens with one attached hydrogen (secondary N) is 1. The van der Waals surface area contributed by atoms with E-state index < -0.39 is 0 Å². The second kappa shape index (κ2) is 6.58. The summed E-state index contributed by atoms with van der Waals surface area (Å²) in [7, 11) is 0. The van der Waals surface area contributed by atoms with E-state index in [0.717, 1.165) is 36.2 Å². The average Bonchev–Trinajstić information content (AvgIpc) is 2.60. The van der Waals surface area contributed by atoms with Crippen molar-refractivity contribution in [3.63, 3.8) is 0 Å². The highest BCUT2D eigenvalue weighted by molar-refractivity contribution is 9.10. The van der Waals surface area contributed by atoms with Gasteiger partial charge < -0.3 is 10.1 Å². The fourth-order valence-corrected chi connectivity index (χ4v) is 2.74. The molecule has 1 N–H and O–H groups in total. The second-order valence-corrected chi connectivity index (χ2v) is 6.17. The Morgan fingerprint density at radius 1 is 1.28 bits per heavy atom. The summed E-state index contributed by atoms with van der Waals surface area (Å²) in [6.07, 6.45) is 3.82. The molecule has 0 bridgehead atoms. The van der Waals surface area contributed by atoms with Crippen molar-refractivity contribution in [3.8, 4) is 5.75 Å². The molecular formula is C15H22BrNO. The number of halogens is 1. The molecule has 0 saturated carbocycles. The standard InChI is InChI=1S/C15H22BrNO/c1-11(2)14-10-12(16)5-6-15(14)18-13-4-3-8-17-9-7-13/h5-6,10-11,13,17H,3-4,7-9H2,1-2H3. The van der Waals surface area contributed by atoms with Crippen LogP contribution in [0.5, 0.6) is 5.75 Å². The lowest BCUT2D eigenvalue weighted by Gasteiger charge is -2.21. The van der Waals surface area contributed by atoms with Crippen LogP contribution in [0.15, 0.2) is 22.7 Å². The molecule has 1 unspecified atom stereocenters.